The second-order valence-electron chi connectivity index (χ2n) is 4.03. The topological polar surface area (TPSA) is 56.5 Å². The molecule has 0 saturated heterocycles. The molecule has 0 fully saturated rings. The van der Waals surface area contributed by atoms with E-state index >= 15 is 0 Å². The number of esters is 1. The van der Waals surface area contributed by atoms with Crippen molar-refractivity contribution in [1.29, 1.82) is 0 Å². The molecule has 0 bridgehead atoms. The fraction of sp³-hybridized carbons (Fsp3) is 0.364. The number of alkyl halides is 3. The van der Waals surface area contributed by atoms with E-state index in [-0.39, 0.29) is 15.8 Å². The van der Waals surface area contributed by atoms with E-state index in [2.05, 4.69) is 14.9 Å². The molecule has 1 atom stereocenters. The lowest BCUT2D eigenvalue weighted by Gasteiger charge is -2.10. The van der Waals surface area contributed by atoms with Gasteiger partial charge in [-0.25, -0.2) is 0 Å². The first kappa shape index (κ1) is 15.9. The SMILES string of the molecule is COC(=O)C(C)Sc1nnc2c(Cl)cc(C(F)(F)F)cn12. The predicted molar refractivity (Wildman–Crippen MR) is 70.3 cm³/mol. The number of fused-ring (bicyclic) bond motifs is 1. The zero-order chi connectivity index (χ0) is 15.8. The maximum atomic E-state index is 12.8. The molecule has 0 spiro atoms. The Hall–Kier alpha value is -1.48. The number of hydrogen-bond acceptors (Lipinski definition) is 5. The third-order valence-corrected chi connectivity index (χ3v) is 3.88. The molecule has 0 aliphatic carbocycles. The summed E-state index contributed by atoms with van der Waals surface area (Å²) in [5.74, 6) is -0.519. The van der Waals surface area contributed by atoms with Crippen LogP contribution in [0.25, 0.3) is 5.65 Å². The van der Waals surface area contributed by atoms with E-state index in [1.54, 1.807) is 6.92 Å². The molecule has 0 aliphatic heterocycles. The molecule has 0 aliphatic rings. The van der Waals surface area contributed by atoms with E-state index in [1.165, 1.54) is 7.11 Å². The van der Waals surface area contributed by atoms with Gasteiger partial charge >= 0.3 is 12.1 Å². The van der Waals surface area contributed by atoms with Crippen molar-refractivity contribution in [3.05, 3.63) is 22.8 Å². The number of carbonyl (C=O) groups is 1. The molecule has 114 valence electrons. The molecule has 0 saturated carbocycles. The number of hydrogen-bond donors (Lipinski definition) is 0. The van der Waals surface area contributed by atoms with Crippen LogP contribution >= 0.6 is 23.4 Å². The quantitative estimate of drug-likeness (QED) is 0.635. The van der Waals surface area contributed by atoms with Crippen molar-refractivity contribution in [3.8, 4) is 0 Å². The van der Waals surface area contributed by atoms with Gasteiger partial charge in [-0.15, -0.1) is 10.2 Å². The van der Waals surface area contributed by atoms with Crippen molar-refractivity contribution in [1.82, 2.24) is 14.6 Å². The first-order chi connectivity index (χ1) is 9.74. The second kappa shape index (κ2) is 5.72. The number of aromatic nitrogens is 3. The van der Waals surface area contributed by atoms with E-state index in [0.717, 1.165) is 28.4 Å². The molecule has 2 heterocycles. The summed E-state index contributed by atoms with van der Waals surface area (Å²) in [7, 11) is 1.22. The van der Waals surface area contributed by atoms with Crippen LogP contribution in [0.2, 0.25) is 5.02 Å². The van der Waals surface area contributed by atoms with Gasteiger partial charge in [0, 0.05) is 6.20 Å². The minimum Gasteiger partial charge on any atom is -0.468 e. The highest BCUT2D eigenvalue weighted by atomic mass is 35.5. The van der Waals surface area contributed by atoms with Gasteiger partial charge in [-0.2, -0.15) is 13.2 Å². The van der Waals surface area contributed by atoms with Crippen LogP contribution in [0.5, 0.6) is 0 Å². The van der Waals surface area contributed by atoms with E-state index in [0.29, 0.717) is 0 Å². The van der Waals surface area contributed by atoms with Crippen LogP contribution in [-0.2, 0) is 15.7 Å². The number of thioether (sulfide) groups is 1. The van der Waals surface area contributed by atoms with Gasteiger partial charge in [0.2, 0.25) is 0 Å². The van der Waals surface area contributed by atoms with Crippen LogP contribution in [0.15, 0.2) is 17.4 Å². The van der Waals surface area contributed by atoms with Gasteiger partial charge in [0.25, 0.3) is 0 Å². The van der Waals surface area contributed by atoms with Crippen molar-refractivity contribution in [3.63, 3.8) is 0 Å². The summed E-state index contributed by atoms with van der Waals surface area (Å²) in [6.45, 7) is 1.55. The van der Waals surface area contributed by atoms with E-state index in [1.807, 2.05) is 0 Å². The summed E-state index contributed by atoms with van der Waals surface area (Å²) >= 11 is 6.71. The van der Waals surface area contributed by atoms with Crippen LogP contribution < -0.4 is 0 Å². The number of halogens is 4. The largest absolute Gasteiger partial charge is 0.468 e. The van der Waals surface area contributed by atoms with Crippen LogP contribution in [0.3, 0.4) is 0 Å². The Labute approximate surface area is 126 Å². The first-order valence-corrected chi connectivity index (χ1v) is 6.85. The fourth-order valence-electron chi connectivity index (χ4n) is 1.54. The van der Waals surface area contributed by atoms with Gasteiger partial charge in [-0.05, 0) is 13.0 Å². The average molecular weight is 340 g/mol. The second-order valence-corrected chi connectivity index (χ2v) is 5.75. The summed E-state index contributed by atoms with van der Waals surface area (Å²) in [6, 6.07) is 0.781. The monoisotopic (exact) mass is 339 g/mol. The highest BCUT2D eigenvalue weighted by Gasteiger charge is 2.32. The highest BCUT2D eigenvalue weighted by Crippen LogP contribution is 2.33. The molecule has 2 aromatic heterocycles. The lowest BCUT2D eigenvalue weighted by molar-refractivity contribution is -0.140. The van der Waals surface area contributed by atoms with Crippen LogP contribution in [0.1, 0.15) is 12.5 Å². The van der Waals surface area contributed by atoms with Gasteiger partial charge < -0.3 is 4.74 Å². The minimum atomic E-state index is -4.54. The smallest absolute Gasteiger partial charge is 0.417 e. The van der Waals surface area contributed by atoms with Gasteiger partial charge in [-0.1, -0.05) is 23.4 Å². The summed E-state index contributed by atoms with van der Waals surface area (Å²) in [4.78, 5) is 11.4. The third kappa shape index (κ3) is 3.24. The lowest BCUT2D eigenvalue weighted by Crippen LogP contribution is -2.15. The molecule has 0 amide bonds. The molecule has 2 aromatic rings. The highest BCUT2D eigenvalue weighted by molar-refractivity contribution is 8.00. The average Bonchev–Trinajstić information content (AvgIpc) is 2.80. The van der Waals surface area contributed by atoms with Gasteiger partial charge in [0.15, 0.2) is 10.8 Å². The van der Waals surface area contributed by atoms with Crippen LogP contribution in [0.4, 0.5) is 13.2 Å². The summed E-state index contributed by atoms with van der Waals surface area (Å²) < 4.78 is 44.0. The molecule has 2 rings (SSSR count). The first-order valence-electron chi connectivity index (χ1n) is 5.60. The summed E-state index contributed by atoms with van der Waals surface area (Å²) in [5.41, 5.74) is -0.836. The molecule has 21 heavy (non-hydrogen) atoms. The van der Waals surface area contributed by atoms with Crippen molar-refractivity contribution >= 4 is 35.0 Å². The van der Waals surface area contributed by atoms with Gasteiger partial charge in [-0.3, -0.25) is 9.20 Å². The number of pyridine rings is 1. The number of carbonyl (C=O) groups excluding carboxylic acids is 1. The zero-order valence-electron chi connectivity index (χ0n) is 10.8. The maximum absolute atomic E-state index is 12.8. The van der Waals surface area contributed by atoms with E-state index in [4.69, 9.17) is 11.6 Å². The van der Waals surface area contributed by atoms with Crippen LogP contribution in [-0.4, -0.2) is 32.9 Å². The number of ether oxygens (including phenoxy) is 1. The van der Waals surface area contributed by atoms with Gasteiger partial charge in [0.1, 0.15) is 5.25 Å². The zero-order valence-corrected chi connectivity index (χ0v) is 12.4. The molecule has 0 radical (unpaired) electrons. The Bertz CT molecular complexity index is 689. The van der Waals surface area contributed by atoms with Crippen LogP contribution in [0, 0.1) is 0 Å². The molecule has 10 heteroatoms. The molecule has 0 N–H and O–H groups in total. The maximum Gasteiger partial charge on any atom is 0.417 e. The van der Waals surface area contributed by atoms with E-state index in [9.17, 15) is 18.0 Å². The lowest BCUT2D eigenvalue weighted by atomic mass is 10.3. The molecular formula is C11H9ClF3N3O2S. The Balaban J connectivity index is 2.47. The summed E-state index contributed by atoms with van der Waals surface area (Å²) in [5, 5.41) is 6.78. The van der Waals surface area contributed by atoms with Crippen molar-refractivity contribution in [2.45, 2.75) is 23.5 Å². The minimum absolute atomic E-state index is 0.0873. The predicted octanol–water partition coefficient (Wildman–Crippen LogP) is 3.06. The Morgan fingerprint density at radius 2 is 2.14 bits per heavy atom. The number of methoxy groups -OCH3 is 1. The fourth-order valence-corrected chi connectivity index (χ4v) is 2.64. The molecule has 1 unspecified atom stereocenters. The van der Waals surface area contributed by atoms with Crippen molar-refractivity contribution < 1.29 is 22.7 Å². The number of rotatable bonds is 3. The standard InChI is InChI=1S/C11H9ClF3N3O2S/c1-5(9(19)20-2)21-10-17-16-8-7(12)3-6(4-18(8)10)11(13,14)15/h3-5H,1-2H3. The third-order valence-electron chi connectivity index (χ3n) is 2.57. The van der Waals surface area contributed by atoms with E-state index < -0.39 is 23.0 Å². The summed E-state index contributed by atoms with van der Waals surface area (Å²) in [6.07, 6.45) is -3.70. The van der Waals surface area contributed by atoms with Crippen molar-refractivity contribution in [2.75, 3.05) is 7.11 Å². The van der Waals surface area contributed by atoms with Gasteiger partial charge in [0.05, 0.1) is 17.7 Å². The Morgan fingerprint density at radius 3 is 2.71 bits per heavy atom. The van der Waals surface area contributed by atoms with Crippen molar-refractivity contribution in [2.24, 2.45) is 0 Å². The Kier molecular flexibility index (Phi) is 4.33. The number of nitrogens with zero attached hydrogens (tertiary/aromatic N) is 3. The molecular weight excluding hydrogens is 331 g/mol. The molecule has 0 aromatic carbocycles. The molecule has 5 nitrogen and oxygen atoms in total. The normalized spacial score (nSPS) is 13.4. The Morgan fingerprint density at radius 1 is 1.48 bits per heavy atom.